The minimum Gasteiger partial charge on any atom is -0.493 e. The van der Waals surface area contributed by atoms with Crippen molar-refractivity contribution in [3.8, 4) is 23.3 Å². The van der Waals surface area contributed by atoms with Gasteiger partial charge in [0, 0.05) is 13.0 Å². The zero-order valence-electron chi connectivity index (χ0n) is 19.3. The van der Waals surface area contributed by atoms with Gasteiger partial charge >= 0.3 is 5.97 Å². The van der Waals surface area contributed by atoms with Crippen molar-refractivity contribution >= 4 is 17.6 Å². The van der Waals surface area contributed by atoms with E-state index in [0.29, 0.717) is 22.9 Å². The fourth-order valence-corrected chi connectivity index (χ4v) is 3.78. The topological polar surface area (TPSA) is 99.3 Å². The molecule has 0 N–H and O–H groups in total. The summed E-state index contributed by atoms with van der Waals surface area (Å²) in [6, 6.07) is 14.7. The molecule has 0 fully saturated rings. The maximum atomic E-state index is 12.3. The highest BCUT2D eigenvalue weighted by Gasteiger charge is 2.18. The fourth-order valence-electron chi connectivity index (χ4n) is 3.78. The molecular formula is C26H26N4O4. The number of methoxy groups -OCH3 is 1. The van der Waals surface area contributed by atoms with Crippen molar-refractivity contribution in [2.45, 2.75) is 39.2 Å². The molecule has 1 aliphatic heterocycles. The van der Waals surface area contributed by atoms with E-state index in [0.717, 1.165) is 49.2 Å². The predicted octanol–water partition coefficient (Wildman–Crippen LogP) is 4.37. The van der Waals surface area contributed by atoms with Crippen LogP contribution in [0.3, 0.4) is 0 Å². The Bertz CT molecular complexity index is 1240. The van der Waals surface area contributed by atoms with E-state index in [1.807, 2.05) is 23.6 Å². The lowest BCUT2D eigenvalue weighted by molar-refractivity contribution is -0.136. The molecule has 0 spiro atoms. The monoisotopic (exact) mass is 458 g/mol. The van der Waals surface area contributed by atoms with Crippen molar-refractivity contribution < 1.29 is 19.0 Å². The molecule has 8 nitrogen and oxygen atoms in total. The lowest BCUT2D eigenvalue weighted by Crippen LogP contribution is -2.18. The summed E-state index contributed by atoms with van der Waals surface area (Å²) in [5.41, 5.74) is 2.24. The summed E-state index contributed by atoms with van der Waals surface area (Å²) in [5.74, 6) is 2.17. The molecule has 0 unspecified atom stereocenters. The van der Waals surface area contributed by atoms with Gasteiger partial charge in [-0.05, 0) is 55.7 Å². The minimum absolute atomic E-state index is 0.232. The zero-order chi connectivity index (χ0) is 23.9. The van der Waals surface area contributed by atoms with Crippen molar-refractivity contribution in [1.29, 1.82) is 5.26 Å². The second-order valence-electron chi connectivity index (χ2n) is 8.06. The number of rotatable bonds is 7. The van der Waals surface area contributed by atoms with Crippen LogP contribution in [0.15, 0.2) is 42.5 Å². The van der Waals surface area contributed by atoms with Gasteiger partial charge in [-0.25, -0.2) is 4.79 Å². The highest BCUT2D eigenvalue weighted by Crippen LogP contribution is 2.30. The number of aromatic nitrogens is 3. The number of hydrogen-bond acceptors (Lipinski definition) is 7. The fraction of sp³-hybridized carbons (Fsp3) is 0.308. The number of carbonyl (C=O) groups is 1. The van der Waals surface area contributed by atoms with Gasteiger partial charge in [-0.3, -0.25) is 0 Å². The summed E-state index contributed by atoms with van der Waals surface area (Å²) in [6.45, 7) is 2.55. The first-order chi connectivity index (χ1) is 16.6. The number of esters is 1. The van der Waals surface area contributed by atoms with Crippen molar-refractivity contribution in [2.75, 3.05) is 13.7 Å². The Kier molecular flexibility index (Phi) is 7.23. The molecule has 0 radical (unpaired) electrons. The molecule has 34 heavy (non-hydrogen) atoms. The van der Waals surface area contributed by atoms with Crippen LogP contribution in [0.2, 0.25) is 0 Å². The summed E-state index contributed by atoms with van der Waals surface area (Å²) in [7, 11) is 1.49. The number of nitrogens with zero attached hydrogens (tertiary/aromatic N) is 4. The summed E-state index contributed by atoms with van der Waals surface area (Å²) in [5, 5.41) is 18.3. The van der Waals surface area contributed by atoms with E-state index in [1.54, 1.807) is 36.4 Å². The van der Waals surface area contributed by atoms with Crippen LogP contribution < -0.4 is 14.2 Å². The van der Waals surface area contributed by atoms with Gasteiger partial charge < -0.3 is 18.8 Å². The van der Waals surface area contributed by atoms with Crippen LogP contribution in [0.5, 0.6) is 17.2 Å². The molecule has 0 saturated heterocycles. The van der Waals surface area contributed by atoms with Crippen molar-refractivity contribution in [1.82, 2.24) is 14.8 Å². The molecule has 4 rings (SSSR count). The number of benzene rings is 2. The van der Waals surface area contributed by atoms with Crippen LogP contribution >= 0.6 is 0 Å². The Labute approximate surface area is 198 Å². The van der Waals surface area contributed by atoms with Gasteiger partial charge in [-0.15, -0.1) is 10.2 Å². The Morgan fingerprint density at radius 1 is 1.12 bits per heavy atom. The average molecular weight is 459 g/mol. The highest BCUT2D eigenvalue weighted by molar-refractivity contribution is 5.87. The smallest absolute Gasteiger partial charge is 0.349 e. The largest absolute Gasteiger partial charge is 0.493 e. The number of hydrogen-bond donors (Lipinski definition) is 0. The number of aryl methyl sites for hydroxylation is 2. The zero-order valence-corrected chi connectivity index (χ0v) is 19.3. The SMILES string of the molecule is COc1cc(C=C(C#N)c2nnc3n2CCCCC3)ccc1OC(=O)COc1ccc(C)cc1. The highest BCUT2D eigenvalue weighted by atomic mass is 16.6. The number of nitriles is 1. The Morgan fingerprint density at radius 3 is 2.71 bits per heavy atom. The van der Waals surface area contributed by atoms with Gasteiger partial charge in [0.05, 0.1) is 12.7 Å². The van der Waals surface area contributed by atoms with Crippen LogP contribution in [0.25, 0.3) is 11.6 Å². The molecular weight excluding hydrogens is 432 g/mol. The predicted molar refractivity (Wildman–Crippen MR) is 126 cm³/mol. The van der Waals surface area contributed by atoms with Crippen LogP contribution in [0.1, 0.15) is 42.0 Å². The van der Waals surface area contributed by atoms with E-state index in [1.165, 1.54) is 7.11 Å². The first-order valence-corrected chi connectivity index (χ1v) is 11.2. The van der Waals surface area contributed by atoms with Gasteiger partial charge in [0.25, 0.3) is 0 Å². The third-order valence-electron chi connectivity index (χ3n) is 5.57. The van der Waals surface area contributed by atoms with Gasteiger partial charge in [-0.1, -0.05) is 30.2 Å². The summed E-state index contributed by atoms with van der Waals surface area (Å²) in [6.07, 6.45) is 5.86. The second kappa shape index (κ2) is 10.7. The molecule has 3 aromatic rings. The molecule has 0 amide bonds. The van der Waals surface area contributed by atoms with E-state index in [2.05, 4.69) is 16.3 Å². The molecule has 0 bridgehead atoms. The van der Waals surface area contributed by atoms with Crippen LogP contribution in [0, 0.1) is 18.3 Å². The summed E-state index contributed by atoms with van der Waals surface area (Å²) < 4.78 is 18.4. The lowest BCUT2D eigenvalue weighted by Gasteiger charge is -2.11. The van der Waals surface area contributed by atoms with Gasteiger partial charge in [0.1, 0.15) is 17.6 Å². The molecule has 0 aliphatic carbocycles. The summed E-state index contributed by atoms with van der Waals surface area (Å²) >= 11 is 0. The van der Waals surface area contributed by atoms with E-state index in [9.17, 15) is 10.1 Å². The quantitative estimate of drug-likeness (QED) is 0.294. The Balaban J connectivity index is 1.48. The van der Waals surface area contributed by atoms with E-state index < -0.39 is 5.97 Å². The van der Waals surface area contributed by atoms with E-state index in [4.69, 9.17) is 14.2 Å². The number of carbonyl (C=O) groups excluding carboxylic acids is 1. The van der Waals surface area contributed by atoms with Gasteiger partial charge in [0.2, 0.25) is 0 Å². The third kappa shape index (κ3) is 5.44. The van der Waals surface area contributed by atoms with Gasteiger partial charge in [-0.2, -0.15) is 5.26 Å². The van der Waals surface area contributed by atoms with E-state index in [-0.39, 0.29) is 12.4 Å². The number of ether oxygens (including phenoxy) is 3. The van der Waals surface area contributed by atoms with E-state index >= 15 is 0 Å². The third-order valence-corrected chi connectivity index (χ3v) is 5.57. The van der Waals surface area contributed by atoms with Crippen LogP contribution in [-0.2, 0) is 17.8 Å². The Hall–Kier alpha value is -4.12. The molecule has 2 aromatic carbocycles. The van der Waals surface area contributed by atoms with Crippen molar-refractivity contribution in [3.63, 3.8) is 0 Å². The number of fused-ring (bicyclic) bond motifs is 1. The molecule has 1 aromatic heterocycles. The lowest BCUT2D eigenvalue weighted by atomic mass is 10.1. The first-order valence-electron chi connectivity index (χ1n) is 11.2. The molecule has 1 aliphatic rings. The standard InChI is InChI=1S/C26H26N4O4/c1-18-7-10-21(11-8-18)33-17-25(31)34-22-12-9-19(15-23(22)32-2)14-20(16-27)26-29-28-24-6-4-3-5-13-30(24)26/h7-12,14-15H,3-6,13,17H2,1-2H3. The normalized spacial score (nSPS) is 13.4. The summed E-state index contributed by atoms with van der Waals surface area (Å²) in [4.78, 5) is 12.3. The number of allylic oxidation sites excluding steroid dienone is 1. The molecule has 2 heterocycles. The van der Waals surface area contributed by atoms with Gasteiger partial charge in [0.15, 0.2) is 23.9 Å². The molecule has 0 atom stereocenters. The maximum Gasteiger partial charge on any atom is 0.349 e. The van der Waals surface area contributed by atoms with Crippen LogP contribution in [0.4, 0.5) is 0 Å². The molecule has 174 valence electrons. The molecule has 0 saturated carbocycles. The van der Waals surface area contributed by atoms with Crippen molar-refractivity contribution in [2.24, 2.45) is 0 Å². The molecule has 8 heteroatoms. The first kappa shape index (κ1) is 23.1. The average Bonchev–Trinajstić information content (AvgIpc) is 3.10. The minimum atomic E-state index is -0.550. The Morgan fingerprint density at radius 2 is 1.94 bits per heavy atom. The van der Waals surface area contributed by atoms with Crippen LogP contribution in [-0.4, -0.2) is 34.5 Å². The maximum absolute atomic E-state index is 12.3. The van der Waals surface area contributed by atoms with Crippen molar-refractivity contribution in [3.05, 3.63) is 65.2 Å². The second-order valence-corrected chi connectivity index (χ2v) is 8.06.